The Balaban J connectivity index is 1.45. The molecule has 0 spiro atoms. The second kappa shape index (κ2) is 9.31. The van der Waals surface area contributed by atoms with Crippen LogP contribution in [0.4, 0.5) is 0 Å². The first-order valence-electron chi connectivity index (χ1n) is 10.2. The van der Waals surface area contributed by atoms with E-state index in [0.717, 1.165) is 82.0 Å². The lowest BCUT2D eigenvalue weighted by molar-refractivity contribution is -0.136. The molecule has 0 aromatic rings. The zero-order valence-electron chi connectivity index (χ0n) is 16.0. The number of hydrogen-bond acceptors (Lipinski definition) is 4. The molecule has 3 aliphatic rings. The Morgan fingerprint density at radius 2 is 1.92 bits per heavy atom. The van der Waals surface area contributed by atoms with Gasteiger partial charge >= 0.3 is 0 Å². The Bertz CT molecular complexity index is 496. The summed E-state index contributed by atoms with van der Waals surface area (Å²) in [5, 5.41) is 17.0. The van der Waals surface area contributed by atoms with Crippen LogP contribution in [0.25, 0.3) is 0 Å². The number of rotatable bonds is 5. The van der Waals surface area contributed by atoms with Crippen LogP contribution in [-0.2, 0) is 4.79 Å². The van der Waals surface area contributed by atoms with E-state index in [0.29, 0.717) is 18.5 Å². The molecule has 0 atom stereocenters. The Morgan fingerprint density at radius 1 is 1.23 bits per heavy atom. The third-order valence-electron chi connectivity index (χ3n) is 5.90. The van der Waals surface area contributed by atoms with E-state index in [-0.39, 0.29) is 5.92 Å². The summed E-state index contributed by atoms with van der Waals surface area (Å²) in [5.41, 5.74) is -0.584. The average molecular weight is 383 g/mol. The summed E-state index contributed by atoms with van der Waals surface area (Å²) in [7, 11) is 0. The highest BCUT2D eigenvalue weighted by Crippen LogP contribution is 2.31. The second-order valence-electron chi connectivity index (χ2n) is 7.90. The van der Waals surface area contributed by atoms with Gasteiger partial charge in [0.25, 0.3) is 0 Å². The molecule has 2 saturated carbocycles. The number of guanidine groups is 1. The lowest BCUT2D eigenvalue weighted by atomic mass is 9.80. The van der Waals surface area contributed by atoms with Crippen LogP contribution in [-0.4, -0.2) is 71.2 Å². The summed E-state index contributed by atoms with van der Waals surface area (Å²) >= 11 is 1.94. The number of nitrogens with one attached hydrogen (secondary N) is 2. The fourth-order valence-corrected chi connectivity index (χ4v) is 4.91. The highest BCUT2D eigenvalue weighted by molar-refractivity contribution is 7.99. The van der Waals surface area contributed by atoms with Gasteiger partial charge in [-0.1, -0.05) is 0 Å². The Kier molecular flexibility index (Phi) is 7.09. The van der Waals surface area contributed by atoms with Crippen LogP contribution >= 0.6 is 11.8 Å². The fraction of sp³-hybridized carbons (Fsp3) is 0.895. The molecule has 26 heavy (non-hydrogen) atoms. The lowest BCUT2D eigenvalue weighted by Crippen LogP contribution is -2.48. The van der Waals surface area contributed by atoms with Gasteiger partial charge < -0.3 is 20.6 Å². The highest BCUT2D eigenvalue weighted by atomic mass is 32.2. The maximum absolute atomic E-state index is 12.7. The SMILES string of the molecule is CCNC(=NCC1(O)CCC1)NC1CCC(C(=O)N2CCSCC2)CC1. The summed E-state index contributed by atoms with van der Waals surface area (Å²) in [6, 6.07) is 0.366. The van der Waals surface area contributed by atoms with E-state index in [4.69, 9.17) is 0 Å². The first-order valence-corrected chi connectivity index (χ1v) is 11.4. The number of carbonyl (C=O) groups excluding carboxylic acids is 1. The van der Waals surface area contributed by atoms with Gasteiger partial charge in [-0.3, -0.25) is 9.79 Å². The summed E-state index contributed by atoms with van der Waals surface area (Å²) in [6.45, 7) is 5.18. The van der Waals surface area contributed by atoms with Crippen molar-refractivity contribution in [1.82, 2.24) is 15.5 Å². The third kappa shape index (κ3) is 5.28. The van der Waals surface area contributed by atoms with E-state index in [2.05, 4.69) is 27.4 Å². The first-order chi connectivity index (χ1) is 12.6. The third-order valence-corrected chi connectivity index (χ3v) is 6.84. The molecule has 1 heterocycles. The van der Waals surface area contributed by atoms with Crippen LogP contribution in [0, 0.1) is 5.92 Å². The standard InChI is InChI=1S/C19H34N4O2S/c1-2-20-18(21-14-19(25)8-3-9-19)22-16-6-4-15(5-7-16)17(24)23-10-12-26-13-11-23/h15-16,25H,2-14H2,1H3,(H2,20,21,22). The van der Waals surface area contributed by atoms with Crippen molar-refractivity contribution in [1.29, 1.82) is 0 Å². The molecule has 1 amide bonds. The zero-order valence-corrected chi connectivity index (χ0v) is 16.8. The molecule has 6 nitrogen and oxygen atoms in total. The van der Waals surface area contributed by atoms with Gasteiger partial charge in [-0.15, -0.1) is 0 Å². The van der Waals surface area contributed by atoms with E-state index in [1.165, 1.54) is 0 Å². The van der Waals surface area contributed by atoms with E-state index in [9.17, 15) is 9.90 Å². The molecule has 0 aromatic heterocycles. The smallest absolute Gasteiger partial charge is 0.225 e. The van der Waals surface area contributed by atoms with Gasteiger partial charge in [0.05, 0.1) is 12.1 Å². The van der Waals surface area contributed by atoms with Gasteiger partial charge in [0.2, 0.25) is 5.91 Å². The second-order valence-corrected chi connectivity index (χ2v) is 9.13. The van der Waals surface area contributed by atoms with Crippen molar-refractivity contribution in [2.45, 2.75) is 63.5 Å². The van der Waals surface area contributed by atoms with Crippen LogP contribution < -0.4 is 10.6 Å². The molecular weight excluding hydrogens is 348 g/mol. The van der Waals surface area contributed by atoms with E-state index in [1.807, 2.05) is 11.8 Å². The van der Waals surface area contributed by atoms with Crippen molar-refractivity contribution in [2.75, 3.05) is 37.7 Å². The van der Waals surface area contributed by atoms with Crippen LogP contribution in [0.3, 0.4) is 0 Å². The summed E-state index contributed by atoms with van der Waals surface area (Å²) in [5.74, 6) is 3.54. The Morgan fingerprint density at radius 3 is 2.50 bits per heavy atom. The summed E-state index contributed by atoms with van der Waals surface area (Å²) in [4.78, 5) is 19.3. The van der Waals surface area contributed by atoms with Gasteiger partial charge in [0.15, 0.2) is 5.96 Å². The Hall–Kier alpha value is -0.950. The van der Waals surface area contributed by atoms with Crippen LogP contribution in [0.5, 0.6) is 0 Å². The topological polar surface area (TPSA) is 77.0 Å². The molecule has 3 fully saturated rings. The number of hydrogen-bond donors (Lipinski definition) is 3. The number of aliphatic imine (C=N–C) groups is 1. The number of amides is 1. The predicted octanol–water partition coefficient (Wildman–Crippen LogP) is 1.59. The largest absolute Gasteiger partial charge is 0.388 e. The molecule has 3 rings (SSSR count). The van der Waals surface area contributed by atoms with E-state index < -0.39 is 5.60 Å². The molecule has 0 bridgehead atoms. The Labute approximate surface area is 161 Å². The number of carbonyl (C=O) groups is 1. The summed E-state index contributed by atoms with van der Waals surface area (Å²) < 4.78 is 0. The minimum atomic E-state index is -0.584. The van der Waals surface area contributed by atoms with Crippen LogP contribution in [0.2, 0.25) is 0 Å². The summed E-state index contributed by atoms with van der Waals surface area (Å²) in [6.07, 6.45) is 6.76. The monoisotopic (exact) mass is 382 g/mol. The van der Waals surface area contributed by atoms with Gasteiger partial charge in [-0.2, -0.15) is 11.8 Å². The number of nitrogens with zero attached hydrogens (tertiary/aromatic N) is 2. The quantitative estimate of drug-likeness (QED) is 0.497. The van der Waals surface area contributed by atoms with E-state index >= 15 is 0 Å². The highest BCUT2D eigenvalue weighted by Gasteiger charge is 2.34. The molecule has 1 aliphatic heterocycles. The van der Waals surface area contributed by atoms with Crippen LogP contribution in [0.15, 0.2) is 4.99 Å². The van der Waals surface area contributed by atoms with Gasteiger partial charge in [-0.05, 0) is 51.9 Å². The molecule has 1 saturated heterocycles. The van der Waals surface area contributed by atoms with Crippen molar-refractivity contribution in [3.05, 3.63) is 0 Å². The lowest BCUT2D eigenvalue weighted by Gasteiger charge is -2.36. The minimum absolute atomic E-state index is 0.200. The molecular formula is C19H34N4O2S. The number of aliphatic hydroxyl groups is 1. The minimum Gasteiger partial charge on any atom is -0.388 e. The van der Waals surface area contributed by atoms with Crippen molar-refractivity contribution >= 4 is 23.6 Å². The maximum Gasteiger partial charge on any atom is 0.225 e. The first kappa shape index (κ1) is 19.8. The molecule has 148 valence electrons. The molecule has 0 unspecified atom stereocenters. The maximum atomic E-state index is 12.7. The van der Waals surface area contributed by atoms with Crippen LogP contribution in [0.1, 0.15) is 51.9 Å². The predicted molar refractivity (Wildman–Crippen MR) is 108 cm³/mol. The fourth-order valence-electron chi connectivity index (χ4n) is 4.01. The van der Waals surface area contributed by atoms with Gasteiger partial charge in [0.1, 0.15) is 0 Å². The van der Waals surface area contributed by atoms with E-state index in [1.54, 1.807) is 0 Å². The van der Waals surface area contributed by atoms with Crippen molar-refractivity contribution in [2.24, 2.45) is 10.9 Å². The normalized spacial score (nSPS) is 29.0. The molecule has 7 heteroatoms. The van der Waals surface area contributed by atoms with Gasteiger partial charge in [-0.25, -0.2) is 0 Å². The van der Waals surface area contributed by atoms with Gasteiger partial charge in [0, 0.05) is 43.1 Å². The van der Waals surface area contributed by atoms with Crippen molar-refractivity contribution in [3.63, 3.8) is 0 Å². The molecule has 0 aromatic carbocycles. The molecule has 0 radical (unpaired) electrons. The van der Waals surface area contributed by atoms with Crippen molar-refractivity contribution < 1.29 is 9.90 Å². The molecule has 2 aliphatic carbocycles. The van der Waals surface area contributed by atoms with Crippen molar-refractivity contribution in [3.8, 4) is 0 Å². The molecule has 3 N–H and O–H groups in total. The average Bonchev–Trinajstić information content (AvgIpc) is 2.65. The zero-order chi connectivity index (χ0) is 18.4. The number of thioether (sulfide) groups is 1.